The van der Waals surface area contributed by atoms with Crippen molar-refractivity contribution >= 4 is 52.5 Å². The van der Waals surface area contributed by atoms with Crippen LogP contribution in [0.2, 0.25) is 10.0 Å². The van der Waals surface area contributed by atoms with Crippen molar-refractivity contribution in [1.29, 1.82) is 0 Å². The first kappa shape index (κ1) is 21.3. The molecule has 3 rings (SSSR count). The Morgan fingerprint density at radius 3 is 2.34 bits per heavy atom. The van der Waals surface area contributed by atoms with Gasteiger partial charge in [0.1, 0.15) is 0 Å². The molecule has 2 amide bonds. The molecule has 1 saturated heterocycles. The summed E-state index contributed by atoms with van der Waals surface area (Å²) < 4.78 is 5.27. The fourth-order valence-corrected chi connectivity index (χ4v) is 3.17. The van der Waals surface area contributed by atoms with Gasteiger partial charge in [0.05, 0.1) is 29.8 Å². The zero-order valence-corrected chi connectivity index (χ0v) is 17.2. The van der Waals surface area contributed by atoms with E-state index in [1.54, 1.807) is 48.5 Å². The van der Waals surface area contributed by atoms with Crippen LogP contribution in [0.3, 0.4) is 0 Å². The van der Waals surface area contributed by atoms with Crippen LogP contribution in [-0.4, -0.2) is 49.6 Å². The van der Waals surface area contributed by atoms with Crippen LogP contribution in [0.25, 0.3) is 6.08 Å². The molecular weight excluding hydrogens is 413 g/mol. The number of carbonyl (C=O) groups excluding carboxylic acids is 2. The van der Waals surface area contributed by atoms with Gasteiger partial charge in [0.15, 0.2) is 0 Å². The van der Waals surface area contributed by atoms with Crippen molar-refractivity contribution in [3.63, 3.8) is 0 Å². The Bertz CT molecular complexity index is 895. The molecule has 152 valence electrons. The van der Waals surface area contributed by atoms with Crippen molar-refractivity contribution in [2.75, 3.05) is 43.5 Å². The van der Waals surface area contributed by atoms with E-state index in [1.807, 2.05) is 4.90 Å². The van der Waals surface area contributed by atoms with Crippen LogP contribution in [-0.2, 0) is 14.3 Å². The van der Waals surface area contributed by atoms with E-state index in [0.717, 1.165) is 13.1 Å². The highest BCUT2D eigenvalue weighted by Gasteiger charge is 2.14. The minimum Gasteiger partial charge on any atom is -0.379 e. The Morgan fingerprint density at radius 1 is 1.00 bits per heavy atom. The molecule has 0 atom stereocenters. The maximum Gasteiger partial charge on any atom is 0.248 e. The van der Waals surface area contributed by atoms with Gasteiger partial charge in [-0.3, -0.25) is 14.5 Å². The lowest BCUT2D eigenvalue weighted by molar-refractivity contribution is -0.118. The zero-order chi connectivity index (χ0) is 20.6. The Morgan fingerprint density at radius 2 is 1.66 bits per heavy atom. The van der Waals surface area contributed by atoms with E-state index in [9.17, 15) is 9.59 Å². The Balaban J connectivity index is 1.50. The lowest BCUT2D eigenvalue weighted by atomic mass is 10.2. The predicted octanol–water partition coefficient (Wildman–Crippen LogP) is 3.92. The first-order chi connectivity index (χ1) is 14.0. The Labute approximate surface area is 179 Å². The quantitative estimate of drug-likeness (QED) is 0.677. The second kappa shape index (κ2) is 10.4. The molecule has 0 spiro atoms. The van der Waals surface area contributed by atoms with Crippen LogP contribution in [0.15, 0.2) is 48.5 Å². The maximum absolute atomic E-state index is 12.1. The minimum absolute atomic E-state index is 0.0787. The fraction of sp³-hybridized carbons (Fsp3) is 0.238. The molecule has 1 aliphatic rings. The van der Waals surface area contributed by atoms with E-state index in [0.29, 0.717) is 46.7 Å². The van der Waals surface area contributed by atoms with Gasteiger partial charge in [-0.25, -0.2) is 0 Å². The SMILES string of the molecule is O=C(/C=C/c1cccc(Cl)c1Cl)Nc1ccc(NC(=O)CN2CCOCC2)cc1. The second-order valence-electron chi connectivity index (χ2n) is 6.48. The van der Waals surface area contributed by atoms with Crippen LogP contribution >= 0.6 is 23.2 Å². The van der Waals surface area contributed by atoms with Gasteiger partial charge in [0, 0.05) is 30.5 Å². The van der Waals surface area contributed by atoms with Gasteiger partial charge in [-0.1, -0.05) is 35.3 Å². The third kappa shape index (κ3) is 6.58. The molecule has 29 heavy (non-hydrogen) atoms. The number of nitrogens with zero attached hydrogens (tertiary/aromatic N) is 1. The van der Waals surface area contributed by atoms with Gasteiger partial charge >= 0.3 is 0 Å². The molecule has 0 unspecified atom stereocenters. The Kier molecular flexibility index (Phi) is 7.66. The van der Waals surface area contributed by atoms with Crippen LogP contribution in [0.4, 0.5) is 11.4 Å². The van der Waals surface area contributed by atoms with E-state index in [1.165, 1.54) is 6.08 Å². The number of ether oxygens (including phenoxy) is 1. The smallest absolute Gasteiger partial charge is 0.248 e. The van der Waals surface area contributed by atoms with Crippen LogP contribution < -0.4 is 10.6 Å². The van der Waals surface area contributed by atoms with Gasteiger partial charge in [0.25, 0.3) is 0 Å². The van der Waals surface area contributed by atoms with E-state index >= 15 is 0 Å². The highest BCUT2D eigenvalue weighted by atomic mass is 35.5. The number of amides is 2. The summed E-state index contributed by atoms with van der Waals surface area (Å²) in [5.41, 5.74) is 1.94. The number of benzene rings is 2. The van der Waals surface area contributed by atoms with Crippen molar-refractivity contribution in [2.45, 2.75) is 0 Å². The standard InChI is InChI=1S/C21H21Cl2N3O3/c22-18-3-1-2-15(21(18)23)4-9-19(27)24-16-5-7-17(8-6-16)25-20(28)14-26-10-12-29-13-11-26/h1-9H,10-14H2,(H,24,27)(H,25,28)/b9-4+. The lowest BCUT2D eigenvalue weighted by Gasteiger charge is -2.25. The molecule has 8 heteroatoms. The number of anilines is 2. The lowest BCUT2D eigenvalue weighted by Crippen LogP contribution is -2.41. The average molecular weight is 434 g/mol. The summed E-state index contributed by atoms with van der Waals surface area (Å²) in [7, 11) is 0. The molecule has 1 fully saturated rings. The number of halogens is 2. The summed E-state index contributed by atoms with van der Waals surface area (Å²) in [5, 5.41) is 6.44. The summed E-state index contributed by atoms with van der Waals surface area (Å²) in [4.78, 5) is 26.3. The molecule has 0 aromatic heterocycles. The van der Waals surface area contributed by atoms with Crippen LogP contribution in [0, 0.1) is 0 Å². The van der Waals surface area contributed by atoms with Crippen molar-refractivity contribution in [3.05, 3.63) is 64.1 Å². The van der Waals surface area contributed by atoms with Crippen molar-refractivity contribution in [3.8, 4) is 0 Å². The predicted molar refractivity (Wildman–Crippen MR) is 116 cm³/mol. The molecule has 2 N–H and O–H groups in total. The average Bonchev–Trinajstić information content (AvgIpc) is 2.71. The minimum atomic E-state index is -0.301. The summed E-state index contributed by atoms with van der Waals surface area (Å²) in [6.07, 6.45) is 2.99. The third-order valence-corrected chi connectivity index (χ3v) is 5.14. The van der Waals surface area contributed by atoms with Crippen LogP contribution in [0.1, 0.15) is 5.56 Å². The van der Waals surface area contributed by atoms with Crippen molar-refractivity contribution < 1.29 is 14.3 Å². The molecule has 0 saturated carbocycles. The molecular formula is C21H21Cl2N3O3. The molecule has 1 aliphatic heterocycles. The molecule has 0 bridgehead atoms. The summed E-state index contributed by atoms with van der Waals surface area (Å²) in [5.74, 6) is -0.379. The third-order valence-electron chi connectivity index (χ3n) is 4.30. The van der Waals surface area contributed by atoms with Gasteiger partial charge in [0.2, 0.25) is 11.8 Å². The highest BCUT2D eigenvalue weighted by Crippen LogP contribution is 2.26. The number of hydrogen-bond donors (Lipinski definition) is 2. The van der Waals surface area contributed by atoms with Crippen molar-refractivity contribution in [1.82, 2.24) is 4.90 Å². The zero-order valence-electron chi connectivity index (χ0n) is 15.7. The second-order valence-corrected chi connectivity index (χ2v) is 7.26. The normalized spacial score (nSPS) is 14.7. The Hall–Kier alpha value is -2.38. The summed E-state index contributed by atoms with van der Waals surface area (Å²) >= 11 is 12.1. The van der Waals surface area contributed by atoms with E-state index in [-0.39, 0.29) is 11.8 Å². The largest absolute Gasteiger partial charge is 0.379 e. The first-order valence-electron chi connectivity index (χ1n) is 9.14. The van der Waals surface area contributed by atoms with Gasteiger partial charge in [-0.05, 0) is 42.0 Å². The fourth-order valence-electron chi connectivity index (χ4n) is 2.80. The monoisotopic (exact) mass is 433 g/mol. The number of nitrogens with one attached hydrogen (secondary N) is 2. The summed E-state index contributed by atoms with van der Waals surface area (Å²) in [6.45, 7) is 3.15. The number of rotatable bonds is 6. The first-order valence-corrected chi connectivity index (χ1v) is 9.90. The number of hydrogen-bond acceptors (Lipinski definition) is 4. The topological polar surface area (TPSA) is 70.7 Å². The van der Waals surface area contributed by atoms with E-state index in [4.69, 9.17) is 27.9 Å². The number of morpholine rings is 1. The molecule has 0 aliphatic carbocycles. The highest BCUT2D eigenvalue weighted by molar-refractivity contribution is 6.42. The van der Waals surface area contributed by atoms with Gasteiger partial charge < -0.3 is 15.4 Å². The van der Waals surface area contributed by atoms with Gasteiger partial charge in [-0.15, -0.1) is 0 Å². The van der Waals surface area contributed by atoms with E-state index < -0.39 is 0 Å². The molecule has 2 aromatic rings. The molecule has 6 nitrogen and oxygen atoms in total. The molecule has 1 heterocycles. The maximum atomic E-state index is 12.1. The molecule has 2 aromatic carbocycles. The van der Waals surface area contributed by atoms with Gasteiger partial charge in [-0.2, -0.15) is 0 Å². The van der Waals surface area contributed by atoms with E-state index in [2.05, 4.69) is 10.6 Å². The van der Waals surface area contributed by atoms with Crippen molar-refractivity contribution in [2.24, 2.45) is 0 Å². The molecule has 0 radical (unpaired) electrons. The number of carbonyl (C=O) groups is 2. The van der Waals surface area contributed by atoms with Crippen LogP contribution in [0.5, 0.6) is 0 Å². The summed E-state index contributed by atoms with van der Waals surface area (Å²) in [6, 6.07) is 12.1.